The molecule has 0 bridgehead atoms. The van der Waals surface area contributed by atoms with Crippen LogP contribution in [0.5, 0.6) is 0 Å². The molecule has 1 aliphatic carbocycles. The summed E-state index contributed by atoms with van der Waals surface area (Å²) in [5.74, 6) is 0.978. The van der Waals surface area contributed by atoms with Crippen LogP contribution in [0.2, 0.25) is 5.02 Å². The van der Waals surface area contributed by atoms with Crippen molar-refractivity contribution in [3.05, 3.63) is 40.7 Å². The minimum Gasteiger partial charge on any atom is -0.370 e. The molecule has 2 fully saturated rings. The minimum atomic E-state index is 0.123. The first kappa shape index (κ1) is 16.9. The molecule has 7 heteroatoms. The summed E-state index contributed by atoms with van der Waals surface area (Å²) in [5.41, 5.74) is 1.22. The van der Waals surface area contributed by atoms with E-state index < -0.39 is 0 Å². The number of halogens is 1. The molecule has 2 aromatic rings. The highest BCUT2D eigenvalue weighted by Crippen LogP contribution is 2.30. The van der Waals surface area contributed by atoms with Gasteiger partial charge in [0.1, 0.15) is 13.1 Å². The smallest absolute Gasteiger partial charge is 0.214 e. The number of hydrogen-bond donors (Lipinski definition) is 1. The fraction of sp³-hybridized carbons (Fsp3) is 0.611. The molecule has 134 valence electrons. The number of rotatable bonds is 4. The van der Waals surface area contributed by atoms with Gasteiger partial charge in [0, 0.05) is 10.6 Å². The van der Waals surface area contributed by atoms with Gasteiger partial charge in [-0.25, -0.2) is 4.68 Å². The molecule has 2 heterocycles. The largest absolute Gasteiger partial charge is 0.370 e. The molecular formula is C18H25ClN5O+. The van der Waals surface area contributed by atoms with Crippen LogP contribution >= 0.6 is 11.6 Å². The Kier molecular flexibility index (Phi) is 5.29. The van der Waals surface area contributed by atoms with Gasteiger partial charge in [-0.3, -0.25) is 0 Å². The van der Waals surface area contributed by atoms with Crippen molar-refractivity contribution in [2.45, 2.75) is 44.2 Å². The number of morpholine rings is 1. The Morgan fingerprint density at radius 2 is 1.80 bits per heavy atom. The lowest BCUT2D eigenvalue weighted by atomic mass is 9.95. The molecule has 25 heavy (non-hydrogen) atoms. The number of nitrogens with zero attached hydrogens (tertiary/aromatic N) is 4. The van der Waals surface area contributed by atoms with E-state index >= 15 is 0 Å². The van der Waals surface area contributed by atoms with Gasteiger partial charge in [0.05, 0.1) is 19.3 Å². The van der Waals surface area contributed by atoms with Crippen LogP contribution in [0.1, 0.15) is 55.6 Å². The highest BCUT2D eigenvalue weighted by molar-refractivity contribution is 6.30. The molecule has 1 N–H and O–H groups in total. The molecule has 0 unspecified atom stereocenters. The van der Waals surface area contributed by atoms with Gasteiger partial charge in [-0.15, -0.1) is 5.10 Å². The molecule has 2 aliphatic rings. The van der Waals surface area contributed by atoms with E-state index in [4.69, 9.17) is 16.3 Å². The molecule has 1 atom stereocenters. The van der Waals surface area contributed by atoms with Crippen LogP contribution in [-0.2, 0) is 4.74 Å². The summed E-state index contributed by atoms with van der Waals surface area (Å²) in [6.07, 6.45) is 6.19. The number of benzene rings is 1. The summed E-state index contributed by atoms with van der Waals surface area (Å²) in [5, 5.41) is 13.7. The lowest BCUT2D eigenvalue weighted by molar-refractivity contribution is -0.933. The number of aromatic nitrogens is 4. The fourth-order valence-corrected chi connectivity index (χ4v) is 4.25. The van der Waals surface area contributed by atoms with Gasteiger partial charge in [0.2, 0.25) is 5.82 Å². The van der Waals surface area contributed by atoms with Crippen LogP contribution < -0.4 is 4.90 Å². The summed E-state index contributed by atoms with van der Waals surface area (Å²) in [4.78, 5) is 1.46. The van der Waals surface area contributed by atoms with Gasteiger partial charge in [-0.1, -0.05) is 43.0 Å². The van der Waals surface area contributed by atoms with Crippen LogP contribution in [0.15, 0.2) is 24.3 Å². The van der Waals surface area contributed by atoms with Crippen LogP contribution in [-0.4, -0.2) is 46.5 Å². The highest BCUT2D eigenvalue weighted by atomic mass is 35.5. The molecular weight excluding hydrogens is 338 g/mol. The Bertz CT molecular complexity index is 677. The molecule has 1 aromatic carbocycles. The van der Waals surface area contributed by atoms with Crippen molar-refractivity contribution in [1.29, 1.82) is 0 Å². The molecule has 4 rings (SSSR count). The lowest BCUT2D eigenvalue weighted by Crippen LogP contribution is -3.14. The molecule has 6 nitrogen and oxygen atoms in total. The average molecular weight is 363 g/mol. The van der Waals surface area contributed by atoms with E-state index in [1.54, 1.807) is 0 Å². The molecule has 0 amide bonds. The van der Waals surface area contributed by atoms with E-state index in [0.29, 0.717) is 6.04 Å². The molecule has 0 radical (unpaired) electrons. The topological polar surface area (TPSA) is 57.3 Å². The van der Waals surface area contributed by atoms with Crippen molar-refractivity contribution in [2.24, 2.45) is 0 Å². The SMILES string of the molecule is Clc1ccc([C@@H](c2nnnn2C2CCCCC2)[NH+]2CCOCC2)cc1. The second kappa shape index (κ2) is 7.81. The maximum absolute atomic E-state index is 6.11. The summed E-state index contributed by atoms with van der Waals surface area (Å²) in [6.45, 7) is 3.49. The van der Waals surface area contributed by atoms with Crippen LogP contribution in [0.3, 0.4) is 0 Å². The van der Waals surface area contributed by atoms with E-state index in [-0.39, 0.29) is 6.04 Å². The predicted molar refractivity (Wildman–Crippen MR) is 94.7 cm³/mol. The van der Waals surface area contributed by atoms with Crippen molar-refractivity contribution in [3.63, 3.8) is 0 Å². The molecule has 1 aromatic heterocycles. The first-order valence-electron chi connectivity index (χ1n) is 9.28. The zero-order chi connectivity index (χ0) is 17.1. The predicted octanol–water partition coefficient (Wildman–Crippen LogP) is 1.84. The van der Waals surface area contributed by atoms with E-state index in [0.717, 1.165) is 37.2 Å². The van der Waals surface area contributed by atoms with Crippen LogP contribution in [0, 0.1) is 0 Å². The number of nitrogens with one attached hydrogen (secondary N) is 1. The van der Waals surface area contributed by atoms with E-state index in [1.807, 2.05) is 12.1 Å². The third-order valence-corrected chi connectivity index (χ3v) is 5.70. The first-order valence-corrected chi connectivity index (χ1v) is 9.66. The lowest BCUT2D eigenvalue weighted by Gasteiger charge is -2.32. The molecule has 0 spiro atoms. The number of quaternary nitrogens is 1. The van der Waals surface area contributed by atoms with Gasteiger partial charge < -0.3 is 9.64 Å². The Morgan fingerprint density at radius 1 is 1.08 bits per heavy atom. The number of ether oxygens (including phenoxy) is 1. The summed E-state index contributed by atoms with van der Waals surface area (Å²) < 4.78 is 7.67. The van der Waals surface area contributed by atoms with Gasteiger partial charge >= 0.3 is 0 Å². The Morgan fingerprint density at radius 3 is 2.52 bits per heavy atom. The fourth-order valence-electron chi connectivity index (χ4n) is 4.12. The van der Waals surface area contributed by atoms with Crippen molar-refractivity contribution in [2.75, 3.05) is 26.3 Å². The zero-order valence-electron chi connectivity index (χ0n) is 14.4. The summed E-state index contributed by atoms with van der Waals surface area (Å²) in [7, 11) is 0. The van der Waals surface area contributed by atoms with E-state index in [2.05, 4.69) is 32.3 Å². The molecule has 1 saturated heterocycles. The maximum Gasteiger partial charge on any atom is 0.214 e. The van der Waals surface area contributed by atoms with Gasteiger partial charge in [0.15, 0.2) is 6.04 Å². The van der Waals surface area contributed by atoms with Crippen LogP contribution in [0.4, 0.5) is 0 Å². The van der Waals surface area contributed by atoms with Gasteiger partial charge in [0.25, 0.3) is 0 Å². The minimum absolute atomic E-state index is 0.123. The Labute approximate surface area is 153 Å². The van der Waals surface area contributed by atoms with Crippen molar-refractivity contribution < 1.29 is 9.64 Å². The third kappa shape index (κ3) is 3.71. The third-order valence-electron chi connectivity index (χ3n) is 5.44. The number of tetrazole rings is 1. The monoisotopic (exact) mass is 362 g/mol. The normalized spacial score (nSPS) is 21.3. The highest BCUT2D eigenvalue weighted by Gasteiger charge is 2.34. The summed E-state index contributed by atoms with van der Waals surface area (Å²) in [6, 6.07) is 8.67. The van der Waals surface area contributed by atoms with Crippen LogP contribution in [0.25, 0.3) is 0 Å². The molecule has 1 saturated carbocycles. The van der Waals surface area contributed by atoms with Crippen molar-refractivity contribution >= 4 is 11.6 Å². The quantitative estimate of drug-likeness (QED) is 0.901. The first-order chi connectivity index (χ1) is 12.3. The van der Waals surface area contributed by atoms with Gasteiger partial charge in [-0.2, -0.15) is 0 Å². The average Bonchev–Trinajstić information content (AvgIpc) is 3.14. The van der Waals surface area contributed by atoms with E-state index in [1.165, 1.54) is 42.6 Å². The van der Waals surface area contributed by atoms with Crippen molar-refractivity contribution in [3.8, 4) is 0 Å². The van der Waals surface area contributed by atoms with Gasteiger partial charge in [-0.05, 0) is 35.4 Å². The second-order valence-electron chi connectivity index (χ2n) is 7.03. The standard InChI is InChI=1S/C18H24ClN5O/c19-15-8-6-14(7-9-15)17(23-10-12-25-13-11-23)18-20-21-22-24(18)16-4-2-1-3-5-16/h6-9,16-17H,1-5,10-13H2/p+1/t17-/m0/s1. The number of hydrogen-bond acceptors (Lipinski definition) is 4. The van der Waals surface area contributed by atoms with E-state index in [9.17, 15) is 0 Å². The molecule has 1 aliphatic heterocycles. The second-order valence-corrected chi connectivity index (χ2v) is 7.47. The maximum atomic E-state index is 6.11. The Hall–Kier alpha value is -1.50. The zero-order valence-corrected chi connectivity index (χ0v) is 15.2. The Balaban J connectivity index is 1.70. The van der Waals surface area contributed by atoms with Crippen molar-refractivity contribution in [1.82, 2.24) is 20.2 Å². The summed E-state index contributed by atoms with van der Waals surface area (Å²) >= 11 is 6.11.